The predicted molar refractivity (Wildman–Crippen MR) is 115 cm³/mol. The van der Waals surface area contributed by atoms with E-state index in [-0.39, 0.29) is 23.9 Å². The first-order valence-corrected chi connectivity index (χ1v) is 10.6. The number of hydrogen-bond donors (Lipinski definition) is 1. The summed E-state index contributed by atoms with van der Waals surface area (Å²) in [6.07, 6.45) is 1.16. The third-order valence-electron chi connectivity index (χ3n) is 4.56. The summed E-state index contributed by atoms with van der Waals surface area (Å²) < 4.78 is 37.0. The molecule has 0 saturated heterocycles. The number of hydrogen-bond acceptors (Lipinski definition) is 7. The number of anilines is 1. The highest BCUT2D eigenvalue weighted by Gasteiger charge is 2.12. The van der Waals surface area contributed by atoms with Crippen molar-refractivity contribution in [3.05, 3.63) is 65.4 Å². The van der Waals surface area contributed by atoms with Crippen molar-refractivity contribution in [1.29, 1.82) is 0 Å². The first-order chi connectivity index (χ1) is 15.5. The van der Waals surface area contributed by atoms with Crippen LogP contribution in [0.1, 0.15) is 18.7 Å². The molecule has 2 aromatic carbocycles. The lowest BCUT2D eigenvalue weighted by Gasteiger charge is -2.03. The lowest BCUT2D eigenvalue weighted by Crippen LogP contribution is -2.11. The van der Waals surface area contributed by atoms with E-state index in [1.165, 1.54) is 42.7 Å². The summed E-state index contributed by atoms with van der Waals surface area (Å²) in [6.45, 7) is 0. The minimum atomic E-state index is -0.479. The van der Waals surface area contributed by atoms with Crippen molar-refractivity contribution in [3.63, 3.8) is 0 Å². The SMILES string of the molecule is COc1ccc(-c2csc(NC(=O)CCCc3nc(-c4ccc(F)cc4)no3)n2)cc1F. The molecular formula is C22H18F2N4O3S. The molecule has 0 fully saturated rings. The highest BCUT2D eigenvalue weighted by atomic mass is 32.1. The highest BCUT2D eigenvalue weighted by molar-refractivity contribution is 7.14. The Balaban J connectivity index is 1.28. The molecule has 0 spiro atoms. The van der Waals surface area contributed by atoms with E-state index in [2.05, 4.69) is 20.4 Å². The second-order valence-electron chi connectivity index (χ2n) is 6.81. The Morgan fingerprint density at radius 1 is 1.12 bits per heavy atom. The zero-order chi connectivity index (χ0) is 22.5. The fraction of sp³-hybridized carbons (Fsp3) is 0.182. The Bertz CT molecular complexity index is 1220. The van der Waals surface area contributed by atoms with Crippen molar-refractivity contribution < 1.29 is 22.8 Å². The van der Waals surface area contributed by atoms with E-state index in [0.29, 0.717) is 46.5 Å². The number of carbonyl (C=O) groups excluding carboxylic acids is 1. The second-order valence-corrected chi connectivity index (χ2v) is 7.67. The van der Waals surface area contributed by atoms with Crippen molar-refractivity contribution >= 4 is 22.4 Å². The van der Waals surface area contributed by atoms with Crippen LogP contribution >= 0.6 is 11.3 Å². The molecule has 4 rings (SSSR count). The van der Waals surface area contributed by atoms with Crippen molar-refractivity contribution in [3.8, 4) is 28.4 Å². The van der Waals surface area contributed by atoms with E-state index in [0.717, 1.165) is 0 Å². The van der Waals surface area contributed by atoms with Gasteiger partial charge in [0.2, 0.25) is 17.6 Å². The zero-order valence-corrected chi connectivity index (χ0v) is 17.8. The molecule has 164 valence electrons. The summed E-state index contributed by atoms with van der Waals surface area (Å²) in [5.41, 5.74) is 1.80. The zero-order valence-electron chi connectivity index (χ0n) is 17.0. The normalized spacial score (nSPS) is 10.8. The fourth-order valence-electron chi connectivity index (χ4n) is 2.94. The van der Waals surface area contributed by atoms with Gasteiger partial charge in [-0.25, -0.2) is 13.8 Å². The predicted octanol–water partition coefficient (Wildman–Crippen LogP) is 5.11. The Kier molecular flexibility index (Phi) is 6.50. The minimum Gasteiger partial charge on any atom is -0.494 e. The Morgan fingerprint density at radius 3 is 2.66 bits per heavy atom. The number of halogens is 2. The van der Waals surface area contributed by atoms with Gasteiger partial charge in [-0.05, 0) is 48.9 Å². The molecule has 0 unspecified atom stereocenters. The van der Waals surface area contributed by atoms with Gasteiger partial charge < -0.3 is 14.6 Å². The topological polar surface area (TPSA) is 90.1 Å². The van der Waals surface area contributed by atoms with Crippen LogP contribution in [0, 0.1) is 11.6 Å². The Labute approximate surface area is 186 Å². The number of amides is 1. The van der Waals surface area contributed by atoms with Gasteiger partial charge in [0.15, 0.2) is 16.7 Å². The van der Waals surface area contributed by atoms with Gasteiger partial charge in [0.1, 0.15) is 5.82 Å². The second kappa shape index (κ2) is 9.65. The molecule has 1 N–H and O–H groups in total. The third kappa shape index (κ3) is 5.14. The molecule has 7 nitrogen and oxygen atoms in total. The molecule has 0 aliphatic carbocycles. The number of methoxy groups -OCH3 is 1. The number of aryl methyl sites for hydroxylation is 1. The molecule has 0 saturated carbocycles. The van der Waals surface area contributed by atoms with Gasteiger partial charge in [-0.1, -0.05) is 5.16 Å². The molecule has 1 amide bonds. The molecule has 0 bridgehead atoms. The maximum atomic E-state index is 13.9. The molecule has 2 heterocycles. The summed E-state index contributed by atoms with van der Waals surface area (Å²) in [4.78, 5) is 20.8. The van der Waals surface area contributed by atoms with Gasteiger partial charge in [-0.3, -0.25) is 4.79 Å². The van der Waals surface area contributed by atoms with Crippen molar-refractivity contribution in [1.82, 2.24) is 15.1 Å². The molecule has 32 heavy (non-hydrogen) atoms. The quantitative estimate of drug-likeness (QED) is 0.396. The maximum Gasteiger partial charge on any atom is 0.226 e. The van der Waals surface area contributed by atoms with Crippen LogP contribution in [0.15, 0.2) is 52.4 Å². The molecule has 0 aliphatic rings. The lowest BCUT2D eigenvalue weighted by molar-refractivity contribution is -0.116. The summed E-state index contributed by atoms with van der Waals surface area (Å²) in [7, 11) is 1.40. The summed E-state index contributed by atoms with van der Waals surface area (Å²) in [5, 5.41) is 8.79. The average molecular weight is 456 g/mol. The standard InChI is InChI=1S/C22H18F2N4O3S/c1-30-18-10-7-14(11-16(18)24)17-12-32-22(25-17)26-19(29)3-2-4-20-27-21(28-31-20)13-5-8-15(23)9-6-13/h5-12H,2-4H2,1H3,(H,25,26,29). The number of rotatable bonds is 8. The van der Waals surface area contributed by atoms with Gasteiger partial charge >= 0.3 is 0 Å². The van der Waals surface area contributed by atoms with E-state index in [9.17, 15) is 13.6 Å². The van der Waals surface area contributed by atoms with Gasteiger partial charge in [0.05, 0.1) is 12.8 Å². The summed E-state index contributed by atoms with van der Waals surface area (Å²) >= 11 is 1.26. The molecule has 10 heteroatoms. The van der Waals surface area contributed by atoms with E-state index in [4.69, 9.17) is 9.26 Å². The number of ether oxygens (including phenoxy) is 1. The number of thiazole rings is 1. The van der Waals surface area contributed by atoms with E-state index < -0.39 is 5.82 Å². The molecule has 2 aromatic heterocycles. The molecular weight excluding hydrogens is 438 g/mol. The van der Waals surface area contributed by atoms with Gasteiger partial charge in [0, 0.05) is 29.3 Å². The molecule has 0 radical (unpaired) electrons. The number of aromatic nitrogens is 3. The highest BCUT2D eigenvalue weighted by Crippen LogP contribution is 2.28. The minimum absolute atomic E-state index is 0.156. The largest absolute Gasteiger partial charge is 0.494 e. The van der Waals surface area contributed by atoms with Crippen LogP contribution in [-0.2, 0) is 11.2 Å². The first kappa shape index (κ1) is 21.6. The van der Waals surface area contributed by atoms with Crippen LogP contribution in [0.5, 0.6) is 5.75 Å². The van der Waals surface area contributed by atoms with Crippen molar-refractivity contribution in [2.75, 3.05) is 12.4 Å². The smallest absolute Gasteiger partial charge is 0.226 e. The maximum absolute atomic E-state index is 13.9. The molecule has 0 aliphatic heterocycles. The monoisotopic (exact) mass is 456 g/mol. The van der Waals surface area contributed by atoms with Crippen LogP contribution in [-0.4, -0.2) is 28.1 Å². The van der Waals surface area contributed by atoms with Crippen LogP contribution in [0.25, 0.3) is 22.6 Å². The van der Waals surface area contributed by atoms with Crippen LogP contribution in [0.3, 0.4) is 0 Å². The van der Waals surface area contributed by atoms with E-state index in [1.807, 2.05) is 0 Å². The average Bonchev–Trinajstić information content (AvgIpc) is 3.44. The Hall–Kier alpha value is -3.66. The van der Waals surface area contributed by atoms with Crippen molar-refractivity contribution in [2.24, 2.45) is 0 Å². The van der Waals surface area contributed by atoms with Crippen molar-refractivity contribution in [2.45, 2.75) is 19.3 Å². The number of benzene rings is 2. The van der Waals surface area contributed by atoms with Crippen LogP contribution in [0.4, 0.5) is 13.9 Å². The Morgan fingerprint density at radius 2 is 1.91 bits per heavy atom. The third-order valence-corrected chi connectivity index (χ3v) is 5.32. The van der Waals surface area contributed by atoms with E-state index >= 15 is 0 Å². The number of nitrogens with one attached hydrogen (secondary N) is 1. The number of nitrogens with zero attached hydrogens (tertiary/aromatic N) is 3. The van der Waals surface area contributed by atoms with Crippen LogP contribution < -0.4 is 10.1 Å². The fourth-order valence-corrected chi connectivity index (χ4v) is 3.68. The lowest BCUT2D eigenvalue weighted by atomic mass is 10.1. The summed E-state index contributed by atoms with van der Waals surface area (Å²) in [5.74, 6) is -0.0993. The molecule has 4 aromatic rings. The summed E-state index contributed by atoms with van der Waals surface area (Å²) in [6, 6.07) is 10.4. The molecule has 0 atom stereocenters. The van der Waals surface area contributed by atoms with E-state index in [1.54, 1.807) is 23.6 Å². The van der Waals surface area contributed by atoms with Gasteiger partial charge in [0.25, 0.3) is 0 Å². The van der Waals surface area contributed by atoms with Gasteiger partial charge in [-0.15, -0.1) is 11.3 Å². The van der Waals surface area contributed by atoms with Crippen LogP contribution in [0.2, 0.25) is 0 Å². The van der Waals surface area contributed by atoms with Gasteiger partial charge in [-0.2, -0.15) is 4.98 Å². The first-order valence-electron chi connectivity index (χ1n) is 9.69. The number of carbonyl (C=O) groups is 1.